The Hall–Kier alpha value is -4.04. The molecule has 496 valence electrons. The predicted molar refractivity (Wildman–Crippen MR) is 362 cm³/mol. The molecule has 0 fully saturated rings. The number of nitro benzene ring substituents is 1. The lowest BCUT2D eigenvalue weighted by atomic mass is 9.76. The monoisotopic (exact) mass is 1190 g/mol. The van der Waals surface area contributed by atoms with Gasteiger partial charge >= 0.3 is 6.09 Å². The minimum absolute atomic E-state index is 0.00868. The number of hydrogen-bond donors (Lipinski definition) is 6. The second kappa shape index (κ2) is 41.9. The van der Waals surface area contributed by atoms with E-state index in [1.54, 1.807) is 6.92 Å². The van der Waals surface area contributed by atoms with Gasteiger partial charge in [0.2, 0.25) is 17.7 Å². The summed E-state index contributed by atoms with van der Waals surface area (Å²) in [5.41, 5.74) is 11.5. The molecule has 14 heteroatoms. The number of ether oxygens (including phenoxy) is 1. The first-order valence-electron chi connectivity index (χ1n) is 32.5. The molecule has 1 aromatic rings. The smallest absolute Gasteiger partial charge is 0.410 e. The number of carbonyl (C=O) groups excluding carboxylic acids is 4. The largest absolute Gasteiger partial charge is 0.413 e. The van der Waals surface area contributed by atoms with Crippen molar-refractivity contribution in [2.45, 2.75) is 306 Å². The van der Waals surface area contributed by atoms with Crippen LogP contribution in [0.2, 0.25) is 0 Å². The van der Waals surface area contributed by atoms with Crippen LogP contribution in [0, 0.1) is 81.1 Å². The van der Waals surface area contributed by atoms with Crippen molar-refractivity contribution in [2.75, 3.05) is 0 Å². The molecule has 0 saturated carbocycles. The van der Waals surface area contributed by atoms with E-state index >= 15 is 0 Å². The lowest BCUT2D eigenvalue weighted by Crippen LogP contribution is -2.55. The molecule has 4 amide bonds. The maximum absolute atomic E-state index is 12.1. The number of nitrogens with one attached hydrogen (secondary N) is 4. The third-order valence-corrected chi connectivity index (χ3v) is 20.7. The lowest BCUT2D eigenvalue weighted by molar-refractivity contribution is -0.384. The van der Waals surface area contributed by atoms with Gasteiger partial charge in [0, 0.05) is 58.7 Å². The molecule has 1 rings (SSSR count). The molecule has 84 heavy (non-hydrogen) atoms. The average molecular weight is 1190 g/mol. The molecule has 0 aliphatic carbocycles. The van der Waals surface area contributed by atoms with E-state index in [4.69, 9.17) is 16.2 Å². The van der Waals surface area contributed by atoms with Crippen LogP contribution in [0.4, 0.5) is 10.5 Å². The number of benzene rings is 1. The lowest BCUT2D eigenvalue weighted by Gasteiger charge is -2.40. The molecule has 14 nitrogen and oxygen atoms in total. The van der Waals surface area contributed by atoms with Gasteiger partial charge in [0.05, 0.1) is 4.92 Å². The first kappa shape index (κ1) is 88.7. The molecule has 0 spiro atoms. The number of amides is 4. The second-order valence-electron chi connectivity index (χ2n) is 27.6. The first-order chi connectivity index (χ1) is 38.2. The van der Waals surface area contributed by atoms with Crippen molar-refractivity contribution < 1.29 is 28.8 Å². The van der Waals surface area contributed by atoms with Crippen LogP contribution in [0.1, 0.15) is 273 Å². The van der Waals surface area contributed by atoms with Gasteiger partial charge in [-0.05, 0) is 137 Å². The van der Waals surface area contributed by atoms with Crippen molar-refractivity contribution in [3.8, 4) is 5.75 Å². The van der Waals surface area contributed by atoms with E-state index in [2.05, 4.69) is 229 Å². The Morgan fingerprint density at radius 3 is 1.01 bits per heavy atom. The Kier molecular flexibility index (Phi) is 44.3. The first-order valence-corrected chi connectivity index (χ1v) is 32.5. The summed E-state index contributed by atoms with van der Waals surface area (Å²) < 4.78 is 5.22. The van der Waals surface area contributed by atoms with Gasteiger partial charge in [-0.25, -0.2) is 4.79 Å². The summed E-state index contributed by atoms with van der Waals surface area (Å²) in [6.45, 7) is 71.6. The standard InChI is InChI=1S/C16H24N2O4.C13H27NO.C12H23NO.C11H23NO.2C9H21N/c1-6-12(4)16(5,11(2)3)17-15(19)22-14-9-7-13(8-10-14)18(20)21;1-7-9-12(15)14-13(6,10(3)4)11(5)8-2;1-7-10(5)12(6,9(3)4)13-11(14)8-2;1-7-9(4)11(6,8(2)3)12-10(5)13;2*1-6-8(4)9(5,10)7(2)3/h7-12H,6H2,1-5H3,(H,17,19);10-11H,7-9H2,1-6H3,(H,14,15);8-10H,2,7H2,1,3-6H3,(H,13,14);8-9H,7H2,1-6H3,(H,12,13);2*7-8H,6,10H2,1-5H3. The maximum atomic E-state index is 12.1. The third kappa shape index (κ3) is 30.5. The third-order valence-electron chi connectivity index (χ3n) is 20.7. The molecule has 0 aromatic heterocycles. The number of nitrogens with two attached hydrogens (primary N) is 2. The Labute approximate surface area is 518 Å². The number of nitro groups is 1. The van der Waals surface area contributed by atoms with Gasteiger partial charge in [0.15, 0.2) is 0 Å². The zero-order valence-corrected chi connectivity index (χ0v) is 60.6. The highest BCUT2D eigenvalue weighted by Crippen LogP contribution is 2.32. The molecule has 12 atom stereocenters. The number of hydrogen-bond acceptors (Lipinski definition) is 9. The van der Waals surface area contributed by atoms with Crippen LogP contribution in [0.5, 0.6) is 5.75 Å². The van der Waals surface area contributed by atoms with Crippen molar-refractivity contribution in [3.63, 3.8) is 0 Å². The molecular formula is C70H139N7O7. The Morgan fingerprint density at radius 1 is 0.500 bits per heavy atom. The molecule has 0 saturated heterocycles. The Morgan fingerprint density at radius 2 is 0.786 bits per heavy atom. The SMILES string of the molecule is C=CC(=O)NC(C)(C(C)C)C(C)CC.CCC(C)C(C)(N)C(C)C.CCC(C)C(C)(N)C(C)C.CCC(C)C(C)(NC(=O)Oc1ccc([N+](=O)[O-])cc1)C(C)C.CCC(C)C(C)(NC(C)=O)C(C)C.CCCC(=O)NC(C)(C(C)C)C(C)CC. The normalized spacial score (nSPS) is 17.6. The summed E-state index contributed by atoms with van der Waals surface area (Å²) in [6, 6.07) is 5.43. The fraction of sp³-hybridized carbons (Fsp3) is 0.829. The molecule has 0 aliphatic heterocycles. The Bertz CT molecular complexity index is 1960. The molecule has 0 bridgehead atoms. The van der Waals surface area contributed by atoms with Crippen molar-refractivity contribution in [1.29, 1.82) is 0 Å². The van der Waals surface area contributed by atoms with Gasteiger partial charge in [-0.3, -0.25) is 24.5 Å². The molecule has 0 aliphatic rings. The molecule has 0 heterocycles. The van der Waals surface area contributed by atoms with E-state index < -0.39 is 11.0 Å². The van der Waals surface area contributed by atoms with Crippen molar-refractivity contribution >= 4 is 29.5 Å². The summed E-state index contributed by atoms with van der Waals surface area (Å²) in [5, 5.41) is 22.8. The molecule has 0 radical (unpaired) electrons. The van der Waals surface area contributed by atoms with Crippen molar-refractivity contribution in [3.05, 3.63) is 47.0 Å². The summed E-state index contributed by atoms with van der Waals surface area (Å²) in [5.74, 6) is 6.20. The van der Waals surface area contributed by atoms with Gasteiger partial charge in [0.1, 0.15) is 5.75 Å². The van der Waals surface area contributed by atoms with E-state index in [0.717, 1.165) is 32.1 Å². The van der Waals surface area contributed by atoms with E-state index in [1.807, 2.05) is 13.8 Å². The molecule has 12 unspecified atom stereocenters. The summed E-state index contributed by atoms with van der Waals surface area (Å²) in [4.78, 5) is 56.3. The number of carbonyl (C=O) groups is 4. The van der Waals surface area contributed by atoms with Gasteiger partial charge in [-0.2, -0.15) is 0 Å². The van der Waals surface area contributed by atoms with Crippen LogP contribution >= 0.6 is 0 Å². The highest BCUT2D eigenvalue weighted by Gasteiger charge is 2.38. The number of nitrogens with zero attached hydrogens (tertiary/aromatic N) is 1. The summed E-state index contributed by atoms with van der Waals surface area (Å²) in [6.07, 6.45) is 8.87. The van der Waals surface area contributed by atoms with Crippen LogP contribution in [0.3, 0.4) is 0 Å². The van der Waals surface area contributed by atoms with E-state index in [9.17, 15) is 29.3 Å². The van der Waals surface area contributed by atoms with Crippen LogP contribution in [-0.2, 0) is 14.4 Å². The molecule has 8 N–H and O–H groups in total. The highest BCUT2D eigenvalue weighted by molar-refractivity contribution is 5.87. The van der Waals surface area contributed by atoms with E-state index in [0.29, 0.717) is 65.6 Å². The van der Waals surface area contributed by atoms with Gasteiger partial charge < -0.3 is 37.5 Å². The van der Waals surface area contributed by atoms with Gasteiger partial charge in [-0.1, -0.05) is 218 Å². The minimum atomic E-state index is -0.551. The number of rotatable bonds is 27. The summed E-state index contributed by atoms with van der Waals surface area (Å²) >= 11 is 0. The fourth-order valence-corrected chi connectivity index (χ4v) is 9.33. The van der Waals surface area contributed by atoms with Crippen LogP contribution < -0.4 is 37.5 Å². The maximum Gasteiger partial charge on any atom is 0.413 e. The highest BCUT2D eigenvalue weighted by atomic mass is 16.6. The molecular weight excluding hydrogens is 1050 g/mol. The second-order valence-corrected chi connectivity index (χ2v) is 27.6. The van der Waals surface area contributed by atoms with Gasteiger partial charge in [0.25, 0.3) is 5.69 Å². The van der Waals surface area contributed by atoms with Gasteiger partial charge in [-0.15, -0.1) is 0 Å². The molecule has 1 aromatic carbocycles. The minimum Gasteiger partial charge on any atom is -0.410 e. The quantitative estimate of drug-likeness (QED) is 0.0280. The zero-order chi connectivity index (χ0) is 67.7. The van der Waals surface area contributed by atoms with E-state index in [1.165, 1.54) is 43.2 Å². The van der Waals surface area contributed by atoms with Crippen molar-refractivity contribution in [2.24, 2.45) is 82.5 Å². The number of non-ortho nitro benzene ring substituents is 1. The Balaban J connectivity index is -0.000000304. The summed E-state index contributed by atoms with van der Waals surface area (Å²) in [7, 11) is 0. The zero-order valence-electron chi connectivity index (χ0n) is 60.6. The van der Waals surface area contributed by atoms with Crippen LogP contribution in [0.25, 0.3) is 0 Å². The van der Waals surface area contributed by atoms with Crippen LogP contribution in [-0.4, -0.2) is 62.0 Å². The average Bonchev–Trinajstić information content (AvgIpc) is 3.41. The topological polar surface area (TPSA) is 221 Å². The fourth-order valence-electron chi connectivity index (χ4n) is 9.33. The predicted octanol–water partition coefficient (Wildman–Crippen LogP) is 17.7. The van der Waals surface area contributed by atoms with Crippen LogP contribution in [0.15, 0.2) is 36.9 Å². The van der Waals surface area contributed by atoms with Crippen molar-refractivity contribution in [1.82, 2.24) is 21.3 Å². The van der Waals surface area contributed by atoms with E-state index in [-0.39, 0.29) is 74.2 Å².